The zero-order chi connectivity index (χ0) is 15.6. The van der Waals surface area contributed by atoms with Crippen molar-refractivity contribution < 1.29 is 9.72 Å². The van der Waals surface area contributed by atoms with E-state index in [1.165, 1.54) is 12.3 Å². The molecule has 1 N–H and O–H groups in total. The van der Waals surface area contributed by atoms with Gasteiger partial charge in [0, 0.05) is 18.3 Å². The van der Waals surface area contributed by atoms with E-state index in [1.54, 1.807) is 22.9 Å². The van der Waals surface area contributed by atoms with Crippen LogP contribution in [0.4, 0.5) is 11.5 Å². The SMILES string of the molecule is CC(C)n1cc([N+](=O)[O-])cc1C(=O)Nc1ncccc1Br. The van der Waals surface area contributed by atoms with Crippen molar-refractivity contribution in [1.82, 2.24) is 9.55 Å². The number of carbonyl (C=O) groups is 1. The highest BCUT2D eigenvalue weighted by atomic mass is 79.9. The van der Waals surface area contributed by atoms with E-state index in [2.05, 4.69) is 26.2 Å². The number of hydrogen-bond acceptors (Lipinski definition) is 4. The standard InChI is InChI=1S/C13H13BrN4O3/c1-8(2)17-7-9(18(20)21)6-11(17)13(19)16-12-10(14)4-3-5-15-12/h3-8H,1-2H3,(H,15,16,19). The van der Waals surface area contributed by atoms with Crippen molar-refractivity contribution in [2.75, 3.05) is 5.32 Å². The topological polar surface area (TPSA) is 90.1 Å². The van der Waals surface area contributed by atoms with Crippen molar-refractivity contribution in [3.8, 4) is 0 Å². The summed E-state index contributed by atoms with van der Waals surface area (Å²) < 4.78 is 2.19. The highest BCUT2D eigenvalue weighted by Gasteiger charge is 2.21. The van der Waals surface area contributed by atoms with Crippen LogP contribution < -0.4 is 5.32 Å². The van der Waals surface area contributed by atoms with Gasteiger partial charge in [0.15, 0.2) is 0 Å². The van der Waals surface area contributed by atoms with Crippen LogP contribution in [0.3, 0.4) is 0 Å². The van der Waals surface area contributed by atoms with Crippen LogP contribution in [0, 0.1) is 10.1 Å². The summed E-state index contributed by atoms with van der Waals surface area (Å²) in [5.74, 6) is -0.0853. The Morgan fingerprint density at radius 1 is 1.52 bits per heavy atom. The number of nitrogens with one attached hydrogen (secondary N) is 1. The molecule has 2 heterocycles. The molecule has 2 rings (SSSR count). The van der Waals surface area contributed by atoms with Crippen LogP contribution in [0.1, 0.15) is 30.4 Å². The molecule has 0 aliphatic heterocycles. The number of aromatic nitrogens is 2. The van der Waals surface area contributed by atoms with Crippen LogP contribution in [-0.2, 0) is 0 Å². The van der Waals surface area contributed by atoms with Crippen LogP contribution in [-0.4, -0.2) is 20.4 Å². The van der Waals surface area contributed by atoms with Crippen molar-refractivity contribution >= 4 is 33.3 Å². The van der Waals surface area contributed by atoms with Gasteiger partial charge in [-0.15, -0.1) is 0 Å². The minimum absolute atomic E-state index is 0.0772. The van der Waals surface area contributed by atoms with Gasteiger partial charge in [-0.1, -0.05) is 0 Å². The molecule has 0 radical (unpaired) electrons. The molecule has 0 aliphatic rings. The van der Waals surface area contributed by atoms with Gasteiger partial charge in [0.05, 0.1) is 15.6 Å². The monoisotopic (exact) mass is 352 g/mol. The van der Waals surface area contributed by atoms with Gasteiger partial charge < -0.3 is 9.88 Å². The molecular formula is C13H13BrN4O3. The van der Waals surface area contributed by atoms with Crippen LogP contribution in [0.15, 0.2) is 35.1 Å². The van der Waals surface area contributed by atoms with E-state index < -0.39 is 10.8 Å². The fourth-order valence-corrected chi connectivity index (χ4v) is 2.18. The first-order chi connectivity index (χ1) is 9.90. The molecule has 0 saturated heterocycles. The average molecular weight is 353 g/mol. The number of halogens is 1. The largest absolute Gasteiger partial charge is 0.335 e. The quantitative estimate of drug-likeness (QED) is 0.674. The summed E-state index contributed by atoms with van der Waals surface area (Å²) in [5.41, 5.74) is 0.100. The number of hydrogen-bond donors (Lipinski definition) is 1. The van der Waals surface area contributed by atoms with E-state index in [1.807, 2.05) is 13.8 Å². The Bertz CT molecular complexity index is 696. The predicted molar refractivity (Wildman–Crippen MR) is 81.4 cm³/mol. The Labute approximate surface area is 129 Å². The van der Waals surface area contributed by atoms with Gasteiger partial charge >= 0.3 is 0 Å². The Morgan fingerprint density at radius 2 is 2.24 bits per heavy atom. The fraction of sp³-hybridized carbons (Fsp3) is 0.231. The molecule has 2 aromatic rings. The van der Waals surface area contributed by atoms with Gasteiger partial charge in [-0.3, -0.25) is 14.9 Å². The number of anilines is 1. The van der Waals surface area contributed by atoms with Gasteiger partial charge in [0.2, 0.25) is 0 Å². The number of nitrogens with zero attached hydrogens (tertiary/aromatic N) is 3. The molecule has 0 saturated carbocycles. The molecule has 0 aliphatic carbocycles. The predicted octanol–water partition coefficient (Wildman–Crippen LogP) is 3.39. The first kappa shape index (κ1) is 15.2. The number of carbonyl (C=O) groups excluding carboxylic acids is 1. The van der Waals surface area contributed by atoms with Gasteiger partial charge in [0.25, 0.3) is 11.6 Å². The lowest BCUT2D eigenvalue weighted by Gasteiger charge is -2.12. The maximum atomic E-state index is 12.3. The maximum Gasteiger partial charge on any atom is 0.287 e. The smallest absolute Gasteiger partial charge is 0.287 e. The lowest BCUT2D eigenvalue weighted by Crippen LogP contribution is -2.18. The maximum absolute atomic E-state index is 12.3. The number of rotatable bonds is 4. The summed E-state index contributed by atoms with van der Waals surface area (Å²) >= 11 is 3.28. The third kappa shape index (κ3) is 3.27. The minimum atomic E-state index is -0.521. The Kier molecular flexibility index (Phi) is 4.37. The van der Waals surface area contributed by atoms with E-state index in [-0.39, 0.29) is 17.4 Å². The lowest BCUT2D eigenvalue weighted by atomic mass is 10.3. The van der Waals surface area contributed by atoms with E-state index in [9.17, 15) is 14.9 Å². The fourth-order valence-electron chi connectivity index (χ4n) is 1.82. The first-order valence-corrected chi connectivity index (χ1v) is 6.97. The molecule has 0 atom stereocenters. The molecule has 8 heteroatoms. The van der Waals surface area contributed by atoms with E-state index >= 15 is 0 Å². The highest BCUT2D eigenvalue weighted by Crippen LogP contribution is 2.23. The highest BCUT2D eigenvalue weighted by molar-refractivity contribution is 9.10. The second-order valence-corrected chi connectivity index (χ2v) is 5.48. The summed E-state index contributed by atoms with van der Waals surface area (Å²) in [6.07, 6.45) is 2.90. The zero-order valence-corrected chi connectivity index (χ0v) is 13.0. The summed E-state index contributed by atoms with van der Waals surface area (Å²) in [6.45, 7) is 3.69. The molecule has 0 aromatic carbocycles. The number of nitro groups is 1. The number of pyridine rings is 1. The normalized spacial score (nSPS) is 10.7. The third-order valence-corrected chi connectivity index (χ3v) is 3.46. The molecule has 21 heavy (non-hydrogen) atoms. The minimum Gasteiger partial charge on any atom is -0.335 e. The summed E-state index contributed by atoms with van der Waals surface area (Å²) in [5, 5.41) is 13.5. The second kappa shape index (κ2) is 6.04. The van der Waals surface area contributed by atoms with Crippen LogP contribution >= 0.6 is 15.9 Å². The molecule has 0 spiro atoms. The first-order valence-electron chi connectivity index (χ1n) is 6.18. The van der Waals surface area contributed by atoms with Crippen molar-refractivity contribution in [3.05, 3.63) is 50.9 Å². The van der Waals surface area contributed by atoms with Crippen molar-refractivity contribution in [2.24, 2.45) is 0 Å². The molecule has 0 bridgehead atoms. The molecule has 2 aromatic heterocycles. The van der Waals surface area contributed by atoms with Crippen molar-refractivity contribution in [2.45, 2.75) is 19.9 Å². The zero-order valence-electron chi connectivity index (χ0n) is 11.4. The van der Waals surface area contributed by atoms with Crippen molar-refractivity contribution in [1.29, 1.82) is 0 Å². The Hall–Kier alpha value is -2.22. The molecule has 1 amide bonds. The van der Waals surface area contributed by atoms with Crippen LogP contribution in [0.2, 0.25) is 0 Å². The molecule has 7 nitrogen and oxygen atoms in total. The van der Waals surface area contributed by atoms with Crippen LogP contribution in [0.25, 0.3) is 0 Å². The van der Waals surface area contributed by atoms with Crippen LogP contribution in [0.5, 0.6) is 0 Å². The Morgan fingerprint density at radius 3 is 2.81 bits per heavy atom. The molecular weight excluding hydrogens is 340 g/mol. The summed E-state index contributed by atoms with van der Waals surface area (Å²) in [7, 11) is 0. The van der Waals surface area contributed by atoms with Gasteiger partial charge in [0.1, 0.15) is 11.5 Å². The molecule has 110 valence electrons. The number of amides is 1. The lowest BCUT2D eigenvalue weighted by molar-refractivity contribution is -0.384. The second-order valence-electron chi connectivity index (χ2n) is 4.63. The Balaban J connectivity index is 2.35. The van der Waals surface area contributed by atoms with E-state index in [0.717, 1.165) is 0 Å². The third-order valence-electron chi connectivity index (χ3n) is 2.82. The molecule has 0 fully saturated rings. The van der Waals surface area contributed by atoms with Gasteiger partial charge in [-0.2, -0.15) is 0 Å². The van der Waals surface area contributed by atoms with Crippen molar-refractivity contribution in [3.63, 3.8) is 0 Å². The van der Waals surface area contributed by atoms with Gasteiger partial charge in [-0.05, 0) is 41.9 Å². The van der Waals surface area contributed by atoms with E-state index in [0.29, 0.717) is 10.3 Å². The van der Waals surface area contributed by atoms with E-state index in [4.69, 9.17) is 0 Å². The average Bonchev–Trinajstić information content (AvgIpc) is 2.87. The van der Waals surface area contributed by atoms with Gasteiger partial charge in [-0.25, -0.2) is 4.98 Å². The summed E-state index contributed by atoms with van der Waals surface area (Å²) in [6, 6.07) is 4.65. The summed E-state index contributed by atoms with van der Waals surface area (Å²) in [4.78, 5) is 26.7. The molecule has 0 unspecified atom stereocenters.